The average molecular weight is 716 g/mol. The van der Waals surface area contributed by atoms with E-state index in [1.54, 1.807) is 0 Å². The molecule has 0 radical (unpaired) electrons. The highest BCUT2D eigenvalue weighted by Gasteiger charge is 2.57. The van der Waals surface area contributed by atoms with Gasteiger partial charge in [-0.3, -0.25) is 0 Å². The summed E-state index contributed by atoms with van der Waals surface area (Å²) in [6.07, 6.45) is 16.7. The summed E-state index contributed by atoms with van der Waals surface area (Å²) < 4.78 is 0. The Morgan fingerprint density at radius 3 is 1.82 bits per heavy atom. The van der Waals surface area contributed by atoms with E-state index in [0.29, 0.717) is 0 Å². The van der Waals surface area contributed by atoms with E-state index in [0.717, 1.165) is 18.5 Å². The van der Waals surface area contributed by atoms with Crippen LogP contribution in [0, 0.1) is 5.92 Å². The lowest BCUT2D eigenvalue weighted by atomic mass is 9.65. The monoisotopic (exact) mass is 715 g/mol. The van der Waals surface area contributed by atoms with E-state index in [-0.39, 0.29) is 17.3 Å². The first-order chi connectivity index (χ1) is 27.8. The number of hydrogen-bond acceptors (Lipinski definition) is 1. The van der Waals surface area contributed by atoms with Crippen molar-refractivity contribution >= 4 is 5.69 Å². The molecule has 4 aliphatic carbocycles. The topological polar surface area (TPSA) is 3.24 Å². The van der Waals surface area contributed by atoms with Gasteiger partial charge >= 0.3 is 0 Å². The van der Waals surface area contributed by atoms with E-state index in [1.807, 2.05) is 0 Å². The number of hydrogen-bond donors (Lipinski definition) is 0. The molecule has 0 N–H and O–H groups in total. The largest absolute Gasteiger partial charge is 0.311 e. The third kappa shape index (κ3) is 5.01. The van der Waals surface area contributed by atoms with Gasteiger partial charge in [0.05, 0.1) is 5.41 Å². The van der Waals surface area contributed by atoms with E-state index >= 15 is 0 Å². The number of anilines is 1. The smallest absolute Gasteiger partial charge is 0.0538 e. The Hall–Kier alpha value is -6.70. The minimum absolute atomic E-state index is 0.203. The van der Waals surface area contributed by atoms with Crippen LogP contribution in [0.15, 0.2) is 224 Å². The van der Waals surface area contributed by atoms with Crippen LogP contribution in [0.3, 0.4) is 0 Å². The van der Waals surface area contributed by atoms with Crippen molar-refractivity contribution in [1.82, 2.24) is 0 Å². The summed E-state index contributed by atoms with van der Waals surface area (Å²) in [5, 5.41) is 0. The first-order valence-electron chi connectivity index (χ1n) is 20.0. The van der Waals surface area contributed by atoms with Gasteiger partial charge in [0, 0.05) is 28.9 Å². The van der Waals surface area contributed by atoms with Crippen molar-refractivity contribution < 1.29 is 0 Å². The zero-order chi connectivity index (χ0) is 37.1. The number of fused-ring (bicyclic) bond motifs is 10. The quantitative estimate of drug-likeness (QED) is 0.166. The predicted octanol–water partition coefficient (Wildman–Crippen LogP) is 13.9. The van der Waals surface area contributed by atoms with Crippen molar-refractivity contribution in [2.45, 2.75) is 24.2 Å². The molecule has 0 saturated carbocycles. The Balaban J connectivity index is 1.10. The molecule has 7 aromatic carbocycles. The lowest BCUT2D eigenvalue weighted by molar-refractivity contribution is 0.462. The number of allylic oxidation sites excluding steroid dienone is 6. The Kier molecular flexibility index (Phi) is 7.74. The Bertz CT molecular complexity index is 2720. The molecule has 4 aliphatic rings. The van der Waals surface area contributed by atoms with Crippen molar-refractivity contribution in [3.05, 3.63) is 246 Å². The molecule has 1 spiro atoms. The molecule has 0 aromatic heterocycles. The fourth-order valence-electron chi connectivity index (χ4n) is 10.2. The van der Waals surface area contributed by atoms with Crippen LogP contribution in [-0.4, -0.2) is 0 Å². The van der Waals surface area contributed by atoms with Crippen molar-refractivity contribution in [2.75, 3.05) is 4.90 Å². The fourth-order valence-corrected chi connectivity index (χ4v) is 10.2. The molecular formula is C55H41N. The number of benzene rings is 7. The van der Waals surface area contributed by atoms with Crippen LogP contribution in [0.5, 0.6) is 0 Å². The van der Waals surface area contributed by atoms with Gasteiger partial charge in [-0.05, 0) is 110 Å². The molecule has 0 saturated heterocycles. The molecule has 0 heterocycles. The van der Waals surface area contributed by atoms with Crippen LogP contribution in [0.4, 0.5) is 5.69 Å². The molecule has 0 amide bonds. The van der Waals surface area contributed by atoms with Gasteiger partial charge in [-0.25, -0.2) is 0 Å². The van der Waals surface area contributed by atoms with Gasteiger partial charge < -0.3 is 4.90 Å². The van der Waals surface area contributed by atoms with Gasteiger partial charge in [0.2, 0.25) is 0 Å². The average Bonchev–Trinajstić information content (AvgIpc) is 3.75. The molecular weight excluding hydrogens is 675 g/mol. The predicted molar refractivity (Wildman–Crippen MR) is 233 cm³/mol. The lowest BCUT2D eigenvalue weighted by Crippen LogP contribution is -2.34. The van der Waals surface area contributed by atoms with Gasteiger partial charge in [0.25, 0.3) is 0 Å². The SMILES string of the molecule is C1=CC(N(C2=CC3C(C=C2)c2ccccc2C32c3ccccc3-c3ccccc32)c2ccc(-c3cccc(-c4ccccc4)c3)c(-c3ccccc3)c2)=CCC1. The highest BCUT2D eigenvalue weighted by molar-refractivity contribution is 5.89. The van der Waals surface area contributed by atoms with Crippen LogP contribution in [0.25, 0.3) is 44.5 Å². The zero-order valence-electron chi connectivity index (χ0n) is 31.2. The summed E-state index contributed by atoms with van der Waals surface area (Å²) in [5.74, 6) is 0.472. The summed E-state index contributed by atoms with van der Waals surface area (Å²) in [6.45, 7) is 0. The minimum Gasteiger partial charge on any atom is -0.311 e. The van der Waals surface area contributed by atoms with E-state index in [9.17, 15) is 0 Å². The third-order valence-electron chi connectivity index (χ3n) is 12.6. The third-order valence-corrected chi connectivity index (χ3v) is 12.6. The molecule has 0 fully saturated rings. The van der Waals surface area contributed by atoms with E-state index in [4.69, 9.17) is 0 Å². The molecule has 1 nitrogen and oxygen atoms in total. The number of nitrogens with zero attached hydrogens (tertiary/aromatic N) is 1. The molecule has 7 aromatic rings. The maximum absolute atomic E-state index is 2.62. The fraction of sp³-hybridized carbons (Fsp3) is 0.0909. The molecule has 0 aliphatic heterocycles. The molecule has 11 rings (SSSR count). The van der Waals surface area contributed by atoms with Crippen molar-refractivity contribution in [1.29, 1.82) is 0 Å². The molecule has 56 heavy (non-hydrogen) atoms. The molecule has 2 atom stereocenters. The van der Waals surface area contributed by atoms with Gasteiger partial charge in [-0.2, -0.15) is 0 Å². The van der Waals surface area contributed by atoms with Crippen molar-refractivity contribution in [2.24, 2.45) is 5.92 Å². The maximum atomic E-state index is 2.62. The first-order valence-corrected chi connectivity index (χ1v) is 20.0. The molecule has 1 heteroatoms. The van der Waals surface area contributed by atoms with Crippen LogP contribution in [0.2, 0.25) is 0 Å². The van der Waals surface area contributed by atoms with Crippen LogP contribution < -0.4 is 4.90 Å². The second-order valence-electron chi connectivity index (χ2n) is 15.5. The highest BCUT2D eigenvalue weighted by Crippen LogP contribution is 2.65. The Labute approximate surface area is 329 Å². The molecule has 2 unspecified atom stereocenters. The molecule has 0 bridgehead atoms. The molecule has 266 valence electrons. The van der Waals surface area contributed by atoms with Crippen LogP contribution in [-0.2, 0) is 5.41 Å². The Morgan fingerprint density at radius 1 is 0.446 bits per heavy atom. The summed E-state index contributed by atoms with van der Waals surface area (Å²) in [5.41, 5.74) is 19.1. The van der Waals surface area contributed by atoms with Gasteiger partial charge in [-0.1, -0.05) is 182 Å². The van der Waals surface area contributed by atoms with Gasteiger partial charge in [-0.15, -0.1) is 0 Å². The van der Waals surface area contributed by atoms with E-state index < -0.39 is 0 Å². The summed E-state index contributed by atoms with van der Waals surface area (Å²) in [7, 11) is 0. The second-order valence-corrected chi connectivity index (χ2v) is 15.5. The summed E-state index contributed by atoms with van der Waals surface area (Å²) >= 11 is 0. The number of rotatable bonds is 6. The van der Waals surface area contributed by atoms with Gasteiger partial charge in [0.15, 0.2) is 0 Å². The zero-order valence-corrected chi connectivity index (χ0v) is 31.2. The standard InChI is InChI=1S/C55H41N/c1-4-17-38(18-5-1)40-21-16-22-41(35-40)45-33-31-43(36-50(45)39-19-6-2-7-20-39)56(42-23-8-3-9-24-42)44-32-34-49-48-27-12-15-30-53(48)55(54(49)37-44)51-28-13-10-25-46(51)47-26-11-14-29-52(47)55/h1-2,4-8,10-37,49,54H,3,9H2. The minimum atomic E-state index is -0.282. The van der Waals surface area contributed by atoms with E-state index in [1.165, 1.54) is 78.2 Å². The highest BCUT2D eigenvalue weighted by atomic mass is 15.2. The van der Waals surface area contributed by atoms with Crippen molar-refractivity contribution in [3.8, 4) is 44.5 Å². The van der Waals surface area contributed by atoms with Crippen molar-refractivity contribution in [3.63, 3.8) is 0 Å². The van der Waals surface area contributed by atoms with Gasteiger partial charge in [0.1, 0.15) is 0 Å². The normalized spacial score (nSPS) is 18.1. The second kappa shape index (κ2) is 13.3. The maximum Gasteiger partial charge on any atom is 0.0538 e. The first kappa shape index (κ1) is 32.7. The summed E-state index contributed by atoms with van der Waals surface area (Å²) in [4.78, 5) is 2.52. The Morgan fingerprint density at radius 2 is 1.09 bits per heavy atom. The lowest BCUT2D eigenvalue weighted by Gasteiger charge is -2.39. The van der Waals surface area contributed by atoms with Crippen LogP contribution >= 0.6 is 0 Å². The van der Waals surface area contributed by atoms with Crippen LogP contribution in [0.1, 0.15) is 41.0 Å². The van der Waals surface area contributed by atoms with E-state index in [2.05, 4.69) is 217 Å². The summed E-state index contributed by atoms with van der Waals surface area (Å²) in [6, 6.07) is 65.2.